The Balaban J connectivity index is 1.83. The lowest BCUT2D eigenvalue weighted by Gasteiger charge is -2.29. The van der Waals surface area contributed by atoms with Crippen molar-refractivity contribution in [1.29, 1.82) is 0 Å². The molecule has 14 heteroatoms. The van der Waals surface area contributed by atoms with E-state index in [2.05, 4.69) is 20.9 Å². The van der Waals surface area contributed by atoms with E-state index in [4.69, 9.17) is 23.2 Å². The van der Waals surface area contributed by atoms with Gasteiger partial charge in [-0.2, -0.15) is 13.2 Å². The van der Waals surface area contributed by atoms with Gasteiger partial charge in [0, 0.05) is 43.2 Å². The second-order valence-electron chi connectivity index (χ2n) is 9.50. The van der Waals surface area contributed by atoms with Crippen LogP contribution in [0.25, 0.3) is 5.70 Å². The maximum Gasteiger partial charge on any atom is 0.396 e. The van der Waals surface area contributed by atoms with Crippen LogP contribution >= 0.6 is 22.9 Å². The number of thiazole rings is 1. The van der Waals surface area contributed by atoms with Gasteiger partial charge in [0.15, 0.2) is 5.13 Å². The number of aryl methyl sites for hydroxylation is 1. The van der Waals surface area contributed by atoms with Crippen molar-refractivity contribution < 1.29 is 22.8 Å². The number of hydrogen-bond acceptors (Lipinski definition) is 8. The number of nitrogens with zero attached hydrogens (tertiary/aromatic N) is 2. The molecule has 2 amide bonds. The molecule has 7 N–H and O–H groups in total. The van der Waals surface area contributed by atoms with Gasteiger partial charge in [0.2, 0.25) is 5.91 Å². The van der Waals surface area contributed by atoms with E-state index in [-0.39, 0.29) is 35.5 Å². The van der Waals surface area contributed by atoms with Crippen LogP contribution in [-0.4, -0.2) is 40.9 Å². The predicted octanol–water partition coefficient (Wildman–Crippen LogP) is 4.38. The summed E-state index contributed by atoms with van der Waals surface area (Å²) in [4.78, 5) is 29.0. The number of carbonyl (C=O) groups excluding carboxylic acids is 2. The summed E-state index contributed by atoms with van der Waals surface area (Å²) in [5, 5.41) is 8.51. The molecule has 1 heterocycles. The first-order valence-corrected chi connectivity index (χ1v) is 13.4. The lowest BCUT2D eigenvalue weighted by atomic mass is 9.91. The van der Waals surface area contributed by atoms with Crippen molar-refractivity contribution in [3.63, 3.8) is 0 Å². The van der Waals surface area contributed by atoms with Gasteiger partial charge in [-0.3, -0.25) is 14.6 Å². The summed E-state index contributed by atoms with van der Waals surface area (Å²) in [6.45, 7) is 7.01. The van der Waals surface area contributed by atoms with Gasteiger partial charge >= 0.3 is 6.18 Å². The fourth-order valence-corrected chi connectivity index (χ4v) is 4.92. The van der Waals surface area contributed by atoms with Crippen LogP contribution < -0.4 is 32.5 Å². The highest BCUT2D eigenvalue weighted by Gasteiger charge is 2.45. The maximum atomic E-state index is 13.7. The van der Waals surface area contributed by atoms with Crippen LogP contribution in [0.3, 0.4) is 0 Å². The number of halogens is 4. The fraction of sp³-hybridized carbons (Fsp3) is 0.346. The zero-order valence-electron chi connectivity index (χ0n) is 22.3. The van der Waals surface area contributed by atoms with Crippen molar-refractivity contribution in [2.24, 2.45) is 17.5 Å². The molecule has 1 aliphatic carbocycles. The largest absolute Gasteiger partial charge is 0.396 e. The number of alkyl halides is 4. The summed E-state index contributed by atoms with van der Waals surface area (Å²) < 4.78 is 41.2. The highest BCUT2D eigenvalue weighted by atomic mass is 35.5. The SMILES string of the molecule is CC(=O)Nc1ncc(/C(N)=C/N(N)c2cc(C(=O)NC3=CC(C(F)(F)F)C(Cl)C(CNC(C)C)=C3)ccc2C)s1. The Morgan fingerprint density at radius 2 is 1.98 bits per heavy atom. The van der Waals surface area contributed by atoms with Crippen molar-refractivity contribution in [3.05, 3.63) is 70.0 Å². The Hall–Kier alpha value is -3.39. The van der Waals surface area contributed by atoms with Gasteiger partial charge in [-0.05, 0) is 42.3 Å². The van der Waals surface area contributed by atoms with Crippen LogP contribution in [0.2, 0.25) is 0 Å². The summed E-state index contributed by atoms with van der Waals surface area (Å²) in [5.74, 6) is 3.37. The molecule has 40 heavy (non-hydrogen) atoms. The molecular formula is C26H31ClF3N7O2S. The van der Waals surface area contributed by atoms with Crippen LogP contribution in [0.15, 0.2) is 54.0 Å². The molecule has 1 aliphatic rings. The monoisotopic (exact) mass is 597 g/mol. The van der Waals surface area contributed by atoms with E-state index in [1.807, 2.05) is 13.8 Å². The number of amides is 2. The zero-order valence-corrected chi connectivity index (χ0v) is 23.8. The molecule has 1 aromatic heterocycles. The molecule has 0 fully saturated rings. The number of carbonyl (C=O) groups is 2. The maximum absolute atomic E-state index is 13.7. The van der Waals surface area contributed by atoms with E-state index in [0.29, 0.717) is 26.8 Å². The van der Waals surface area contributed by atoms with Crippen molar-refractivity contribution in [1.82, 2.24) is 15.6 Å². The first-order chi connectivity index (χ1) is 18.6. The van der Waals surface area contributed by atoms with Gasteiger partial charge < -0.3 is 21.7 Å². The standard InChI is InChI=1S/C26H31ClF3N7O2S/c1-13(2)33-10-17-7-18(9-19(23(17)27)26(28,29)30)36-24(39)16-6-5-14(3)21(8-16)37(32)12-20(31)22-11-34-25(40-22)35-15(4)38/h5-9,11-13,19,23,33H,10,31-32H2,1-4H3,(H,36,39)(H,34,35,38)/b20-12-. The van der Waals surface area contributed by atoms with Gasteiger partial charge in [-0.25, -0.2) is 10.8 Å². The average Bonchev–Trinajstić information content (AvgIpc) is 3.31. The minimum atomic E-state index is -4.59. The highest BCUT2D eigenvalue weighted by Crippen LogP contribution is 2.39. The summed E-state index contributed by atoms with van der Waals surface area (Å²) in [5.41, 5.74) is 8.06. The number of nitrogens with one attached hydrogen (secondary N) is 3. The lowest BCUT2D eigenvalue weighted by Crippen LogP contribution is -2.38. The minimum absolute atomic E-state index is 0.000760. The van der Waals surface area contributed by atoms with Crippen LogP contribution in [0.1, 0.15) is 41.6 Å². The molecule has 2 unspecified atom stereocenters. The van der Waals surface area contributed by atoms with E-state index in [9.17, 15) is 22.8 Å². The quantitative estimate of drug-likeness (QED) is 0.164. The summed E-state index contributed by atoms with van der Waals surface area (Å²) >= 11 is 7.33. The fourth-order valence-electron chi connectivity index (χ4n) is 3.78. The Morgan fingerprint density at radius 3 is 2.60 bits per heavy atom. The van der Waals surface area contributed by atoms with Crippen LogP contribution in [-0.2, 0) is 4.79 Å². The van der Waals surface area contributed by atoms with Crippen molar-refractivity contribution >= 4 is 51.3 Å². The molecule has 3 rings (SSSR count). The number of rotatable bonds is 9. The highest BCUT2D eigenvalue weighted by molar-refractivity contribution is 7.16. The third kappa shape index (κ3) is 8.07. The first-order valence-electron chi connectivity index (χ1n) is 12.2. The Bertz CT molecular complexity index is 1350. The number of hydrogen-bond donors (Lipinski definition) is 5. The third-order valence-electron chi connectivity index (χ3n) is 5.82. The molecule has 0 saturated carbocycles. The number of hydrazine groups is 1. The minimum Gasteiger partial charge on any atom is -0.396 e. The molecule has 2 atom stereocenters. The topological polar surface area (TPSA) is 138 Å². The van der Waals surface area contributed by atoms with Crippen molar-refractivity contribution in [2.75, 3.05) is 16.9 Å². The van der Waals surface area contributed by atoms with E-state index in [1.165, 1.54) is 42.5 Å². The van der Waals surface area contributed by atoms with Gasteiger partial charge in [-0.15, -0.1) is 11.6 Å². The second kappa shape index (κ2) is 12.9. The summed E-state index contributed by atoms with van der Waals surface area (Å²) in [7, 11) is 0. The number of nitrogens with two attached hydrogens (primary N) is 2. The Kier molecular flexibility index (Phi) is 10.0. The van der Waals surface area contributed by atoms with Crippen LogP contribution in [0.5, 0.6) is 0 Å². The van der Waals surface area contributed by atoms with Gasteiger partial charge in [0.1, 0.15) is 0 Å². The Labute approximate surface area is 239 Å². The molecule has 216 valence electrons. The van der Waals surface area contributed by atoms with Crippen molar-refractivity contribution in [2.45, 2.75) is 45.3 Å². The normalized spacial score (nSPS) is 17.8. The van der Waals surface area contributed by atoms with Gasteiger partial charge in [0.05, 0.1) is 27.6 Å². The number of aromatic nitrogens is 1. The van der Waals surface area contributed by atoms with E-state index >= 15 is 0 Å². The molecule has 2 aromatic rings. The van der Waals surface area contributed by atoms with E-state index in [1.54, 1.807) is 13.0 Å². The third-order valence-corrected chi connectivity index (χ3v) is 7.33. The predicted molar refractivity (Wildman–Crippen MR) is 152 cm³/mol. The average molecular weight is 598 g/mol. The number of anilines is 2. The van der Waals surface area contributed by atoms with Crippen LogP contribution in [0, 0.1) is 12.8 Å². The molecule has 9 nitrogen and oxygen atoms in total. The molecule has 0 spiro atoms. The summed E-state index contributed by atoms with van der Waals surface area (Å²) in [6.07, 6.45) is 0.716. The number of allylic oxidation sites excluding steroid dienone is 2. The van der Waals surface area contributed by atoms with Gasteiger partial charge in [0.25, 0.3) is 5.91 Å². The smallest absolute Gasteiger partial charge is 0.396 e. The molecule has 0 aliphatic heterocycles. The van der Waals surface area contributed by atoms with Gasteiger partial charge in [-0.1, -0.05) is 31.3 Å². The van der Waals surface area contributed by atoms with Crippen molar-refractivity contribution in [3.8, 4) is 0 Å². The molecule has 0 bridgehead atoms. The van der Waals surface area contributed by atoms with E-state index < -0.39 is 23.4 Å². The Morgan fingerprint density at radius 1 is 1.27 bits per heavy atom. The molecule has 1 aromatic carbocycles. The molecular weight excluding hydrogens is 567 g/mol. The lowest BCUT2D eigenvalue weighted by molar-refractivity contribution is -0.160. The van der Waals surface area contributed by atoms with Crippen LogP contribution in [0.4, 0.5) is 24.0 Å². The number of benzene rings is 1. The van der Waals surface area contributed by atoms with E-state index in [0.717, 1.165) is 17.4 Å². The second-order valence-corrected chi connectivity index (χ2v) is 11.0. The molecule has 0 saturated heterocycles. The summed E-state index contributed by atoms with van der Waals surface area (Å²) in [6, 6.07) is 4.73. The first kappa shape index (κ1) is 31.1. The molecule has 0 radical (unpaired) electrons. The zero-order chi connectivity index (χ0) is 29.8.